The van der Waals surface area contributed by atoms with E-state index in [9.17, 15) is 4.79 Å². The van der Waals surface area contributed by atoms with E-state index in [1.807, 2.05) is 41.3 Å². The molecule has 1 amide bonds. The number of halogens is 1. The number of fused-ring (bicyclic) bond motifs is 2. The Balaban J connectivity index is 1.54. The first-order valence-electron chi connectivity index (χ1n) is 12.3. The minimum Gasteiger partial charge on any atom is -0.335 e. The normalized spacial score (nSPS) is 16.2. The van der Waals surface area contributed by atoms with Crippen LogP contribution in [0.5, 0.6) is 0 Å². The fourth-order valence-electron chi connectivity index (χ4n) is 5.62. The third-order valence-electron chi connectivity index (χ3n) is 7.39. The quantitative estimate of drug-likeness (QED) is 0.317. The maximum atomic E-state index is 14.8. The summed E-state index contributed by atoms with van der Waals surface area (Å²) in [6.07, 6.45) is 0. The van der Waals surface area contributed by atoms with Gasteiger partial charge in [-0.2, -0.15) is 0 Å². The van der Waals surface area contributed by atoms with Gasteiger partial charge in [0.05, 0.1) is 12.2 Å². The zero-order valence-electron chi connectivity index (χ0n) is 20.5. The van der Waals surface area contributed by atoms with Gasteiger partial charge in [-0.3, -0.25) is 4.79 Å². The smallest absolute Gasteiger partial charge is 0.279 e. The van der Waals surface area contributed by atoms with Crippen LogP contribution in [0, 0.1) is 13.8 Å². The van der Waals surface area contributed by atoms with Crippen LogP contribution >= 0.6 is 11.6 Å². The van der Waals surface area contributed by atoms with Gasteiger partial charge < -0.3 is 14.7 Å². The van der Waals surface area contributed by atoms with Crippen LogP contribution in [-0.4, -0.2) is 19.0 Å². The maximum Gasteiger partial charge on any atom is 0.279 e. The molecule has 4 aromatic rings. The Labute approximate surface area is 217 Å². The molecular weight excluding hydrogens is 466 g/mol. The Morgan fingerprint density at radius 1 is 0.722 bits per heavy atom. The fourth-order valence-corrected chi connectivity index (χ4v) is 5.74. The summed E-state index contributed by atoms with van der Waals surface area (Å²) in [5.74, 6) is 0.0669. The van der Waals surface area contributed by atoms with E-state index in [0.717, 1.165) is 41.3 Å². The van der Waals surface area contributed by atoms with Crippen LogP contribution in [0.3, 0.4) is 0 Å². The van der Waals surface area contributed by atoms with Gasteiger partial charge in [-0.05, 0) is 61.9 Å². The van der Waals surface area contributed by atoms with E-state index in [2.05, 4.69) is 84.3 Å². The van der Waals surface area contributed by atoms with Gasteiger partial charge in [0.1, 0.15) is 0 Å². The molecular formula is C31H28ClN3O. The van der Waals surface area contributed by atoms with E-state index in [4.69, 9.17) is 11.6 Å². The molecule has 2 aliphatic heterocycles. The highest BCUT2D eigenvalue weighted by molar-refractivity contribution is 6.30. The van der Waals surface area contributed by atoms with Crippen LogP contribution in [0.25, 0.3) is 0 Å². The van der Waals surface area contributed by atoms with Gasteiger partial charge in [-0.1, -0.05) is 77.3 Å². The summed E-state index contributed by atoms with van der Waals surface area (Å²) in [7, 11) is 0. The highest BCUT2D eigenvalue weighted by Gasteiger charge is 2.61. The van der Waals surface area contributed by atoms with Gasteiger partial charge in [-0.15, -0.1) is 0 Å². The zero-order valence-corrected chi connectivity index (χ0v) is 21.2. The van der Waals surface area contributed by atoms with Crippen molar-refractivity contribution in [2.75, 3.05) is 27.8 Å². The number of nitrogens with zero attached hydrogens (tertiary/aromatic N) is 3. The van der Waals surface area contributed by atoms with Crippen LogP contribution in [0.4, 0.5) is 17.1 Å². The lowest BCUT2D eigenvalue weighted by Crippen LogP contribution is -2.58. The lowest BCUT2D eigenvalue weighted by atomic mass is 9.96. The largest absolute Gasteiger partial charge is 0.335 e. The number of aryl methyl sites for hydroxylation is 2. The highest BCUT2D eigenvalue weighted by Crippen LogP contribution is 2.52. The van der Waals surface area contributed by atoms with E-state index < -0.39 is 5.66 Å². The zero-order chi connectivity index (χ0) is 24.9. The average Bonchev–Trinajstić information content (AvgIpc) is 3.40. The van der Waals surface area contributed by atoms with Crippen LogP contribution < -0.4 is 14.7 Å². The summed E-state index contributed by atoms with van der Waals surface area (Å²) in [4.78, 5) is 21.3. The van der Waals surface area contributed by atoms with Gasteiger partial charge in [0, 0.05) is 35.1 Å². The third-order valence-corrected chi connectivity index (χ3v) is 7.64. The van der Waals surface area contributed by atoms with E-state index in [-0.39, 0.29) is 5.91 Å². The average molecular weight is 494 g/mol. The molecule has 5 heteroatoms. The molecule has 0 atom stereocenters. The molecule has 1 spiro atoms. The van der Waals surface area contributed by atoms with Gasteiger partial charge in [0.15, 0.2) is 0 Å². The highest BCUT2D eigenvalue weighted by atomic mass is 35.5. The molecule has 4 aromatic carbocycles. The third kappa shape index (κ3) is 3.48. The number of amides is 1. The molecule has 1 fully saturated rings. The second kappa shape index (κ2) is 8.72. The molecule has 0 N–H and O–H groups in total. The molecule has 0 aliphatic carbocycles. The van der Waals surface area contributed by atoms with Crippen molar-refractivity contribution in [3.63, 3.8) is 0 Å². The molecule has 0 aromatic heterocycles. The lowest BCUT2D eigenvalue weighted by molar-refractivity contribution is -0.122. The number of anilines is 3. The second-order valence-corrected chi connectivity index (χ2v) is 10.1. The van der Waals surface area contributed by atoms with Crippen molar-refractivity contribution in [1.29, 1.82) is 0 Å². The number of benzene rings is 4. The number of hydrogen-bond acceptors (Lipinski definition) is 3. The molecule has 36 heavy (non-hydrogen) atoms. The van der Waals surface area contributed by atoms with Crippen molar-refractivity contribution in [3.05, 3.63) is 124 Å². The first-order valence-corrected chi connectivity index (χ1v) is 12.7. The van der Waals surface area contributed by atoms with E-state index in [1.165, 1.54) is 11.1 Å². The molecule has 2 aliphatic rings. The number of rotatable bonds is 4. The molecule has 0 bridgehead atoms. The Hall–Kier alpha value is -3.76. The van der Waals surface area contributed by atoms with Crippen LogP contribution in [0.15, 0.2) is 97.1 Å². The first kappa shape index (κ1) is 22.7. The van der Waals surface area contributed by atoms with Crippen LogP contribution in [0.2, 0.25) is 5.02 Å². The Morgan fingerprint density at radius 3 is 1.81 bits per heavy atom. The standard InChI is InChI=1S/C31H28ClN3O/c1-22-7-15-26(16-8-22)34-19-20-35(27-17-9-23(2)10-18-27)31(34)28-5-3-4-6-29(28)33(30(31)36)21-24-11-13-25(32)14-12-24/h3-18H,19-21H2,1-2H3. The van der Waals surface area contributed by atoms with Crippen molar-refractivity contribution in [3.8, 4) is 0 Å². The van der Waals surface area contributed by atoms with Crippen molar-refractivity contribution >= 4 is 34.6 Å². The first-order chi connectivity index (χ1) is 17.5. The molecule has 1 saturated heterocycles. The number of hydrogen-bond donors (Lipinski definition) is 0. The van der Waals surface area contributed by atoms with Gasteiger partial charge in [0.2, 0.25) is 5.66 Å². The monoisotopic (exact) mass is 493 g/mol. The predicted octanol–water partition coefficient (Wildman–Crippen LogP) is 6.68. The Bertz CT molecular complexity index is 1360. The summed E-state index contributed by atoms with van der Waals surface area (Å²) in [6.45, 7) is 6.15. The SMILES string of the molecule is Cc1ccc(N2CCN(c3ccc(C)cc3)C23C(=O)N(Cc2ccc(Cl)cc2)c2ccccc23)cc1. The predicted molar refractivity (Wildman–Crippen MR) is 148 cm³/mol. The van der Waals surface area contributed by atoms with E-state index >= 15 is 0 Å². The fraction of sp³-hybridized carbons (Fsp3) is 0.194. The number of para-hydroxylation sites is 1. The Kier molecular flexibility index (Phi) is 5.50. The van der Waals surface area contributed by atoms with Gasteiger partial charge >= 0.3 is 0 Å². The minimum absolute atomic E-state index is 0.0669. The summed E-state index contributed by atoms with van der Waals surface area (Å²) >= 11 is 6.14. The Morgan fingerprint density at radius 2 is 1.25 bits per heavy atom. The molecule has 4 nitrogen and oxygen atoms in total. The molecule has 180 valence electrons. The van der Waals surface area contributed by atoms with Crippen molar-refractivity contribution in [1.82, 2.24) is 0 Å². The molecule has 0 radical (unpaired) electrons. The van der Waals surface area contributed by atoms with Crippen LogP contribution in [0.1, 0.15) is 22.3 Å². The molecule has 0 saturated carbocycles. The van der Waals surface area contributed by atoms with E-state index in [1.54, 1.807) is 0 Å². The lowest BCUT2D eigenvalue weighted by Gasteiger charge is -2.42. The second-order valence-electron chi connectivity index (χ2n) is 9.68. The summed E-state index contributed by atoms with van der Waals surface area (Å²) in [6, 6.07) is 33.0. The molecule has 2 heterocycles. The topological polar surface area (TPSA) is 26.8 Å². The van der Waals surface area contributed by atoms with Crippen molar-refractivity contribution in [2.24, 2.45) is 0 Å². The molecule has 0 unspecified atom stereocenters. The van der Waals surface area contributed by atoms with Crippen molar-refractivity contribution in [2.45, 2.75) is 26.1 Å². The summed E-state index contributed by atoms with van der Waals surface area (Å²) < 4.78 is 0. The number of carbonyl (C=O) groups excluding carboxylic acids is 1. The minimum atomic E-state index is -0.965. The summed E-state index contributed by atoms with van der Waals surface area (Å²) in [5, 5.41) is 0.690. The van der Waals surface area contributed by atoms with Gasteiger partial charge in [-0.25, -0.2) is 0 Å². The number of carbonyl (C=O) groups is 1. The maximum absolute atomic E-state index is 14.8. The van der Waals surface area contributed by atoms with Crippen molar-refractivity contribution < 1.29 is 4.79 Å². The molecule has 6 rings (SSSR count). The summed E-state index contributed by atoms with van der Waals surface area (Å²) in [5.41, 5.74) is 6.54. The van der Waals surface area contributed by atoms with E-state index in [0.29, 0.717) is 11.6 Å². The van der Waals surface area contributed by atoms with Gasteiger partial charge in [0.25, 0.3) is 5.91 Å². The van der Waals surface area contributed by atoms with Crippen LogP contribution in [-0.2, 0) is 17.0 Å².